The van der Waals surface area contributed by atoms with E-state index in [0.29, 0.717) is 5.02 Å². The number of fused-ring (bicyclic) bond motifs is 9. The van der Waals surface area contributed by atoms with Gasteiger partial charge in [-0.25, -0.2) is 0 Å². The molecule has 0 fully saturated rings. The first-order valence-corrected chi connectivity index (χ1v) is 34.6. The van der Waals surface area contributed by atoms with Crippen LogP contribution in [0.15, 0.2) is 376 Å². The van der Waals surface area contributed by atoms with E-state index in [4.69, 9.17) is 11.6 Å². The molecular formula is C96H62ClN3. The molecule has 3 aromatic heterocycles. The molecule has 19 aromatic rings. The lowest BCUT2D eigenvalue weighted by Gasteiger charge is -2.29. The summed E-state index contributed by atoms with van der Waals surface area (Å²) in [5.74, 6) is 0. The van der Waals surface area contributed by atoms with Crippen molar-refractivity contribution in [3.05, 3.63) is 381 Å². The zero-order valence-electron chi connectivity index (χ0n) is 54.5. The Bertz CT molecular complexity index is 6310. The lowest BCUT2D eigenvalue weighted by molar-refractivity contribution is 1.18. The van der Waals surface area contributed by atoms with Gasteiger partial charge in [0.2, 0.25) is 0 Å². The molecule has 0 saturated heterocycles. The molecule has 19 rings (SSSR count). The highest BCUT2D eigenvalue weighted by atomic mass is 35.5. The number of benzene rings is 16. The Balaban J connectivity index is 0.896. The van der Waals surface area contributed by atoms with Crippen molar-refractivity contribution in [1.82, 2.24) is 13.7 Å². The van der Waals surface area contributed by atoms with Crippen LogP contribution in [0.3, 0.4) is 0 Å². The third-order valence-electron chi connectivity index (χ3n) is 20.3. The van der Waals surface area contributed by atoms with Crippen molar-refractivity contribution in [3.63, 3.8) is 0 Å². The zero-order chi connectivity index (χ0) is 66.2. The maximum absolute atomic E-state index is 6.98. The van der Waals surface area contributed by atoms with Crippen LogP contribution in [-0.2, 0) is 0 Å². The minimum absolute atomic E-state index is 0.675. The van der Waals surface area contributed by atoms with Gasteiger partial charge < -0.3 is 13.7 Å². The predicted molar refractivity (Wildman–Crippen MR) is 423 cm³/mol. The molecule has 0 aliphatic heterocycles. The molecule has 468 valence electrons. The summed E-state index contributed by atoms with van der Waals surface area (Å²) in [5.41, 5.74) is 30.4. The van der Waals surface area contributed by atoms with Crippen LogP contribution in [0.2, 0.25) is 5.02 Å². The van der Waals surface area contributed by atoms with Crippen LogP contribution >= 0.6 is 11.6 Å². The molecule has 0 saturated carbocycles. The first-order chi connectivity index (χ1) is 49.5. The summed E-state index contributed by atoms with van der Waals surface area (Å²) in [6, 6.07) is 138. The molecule has 4 heteroatoms. The lowest BCUT2D eigenvalue weighted by atomic mass is 9.74. The summed E-state index contributed by atoms with van der Waals surface area (Å²) in [4.78, 5) is 0. The summed E-state index contributed by atoms with van der Waals surface area (Å²) in [7, 11) is 0. The second-order valence-electron chi connectivity index (χ2n) is 26.0. The van der Waals surface area contributed by atoms with Crippen LogP contribution in [0.5, 0.6) is 0 Å². The largest absolute Gasteiger partial charge is 0.309 e. The van der Waals surface area contributed by atoms with E-state index >= 15 is 0 Å². The minimum Gasteiger partial charge on any atom is -0.309 e. The van der Waals surface area contributed by atoms with E-state index in [0.717, 1.165) is 117 Å². The van der Waals surface area contributed by atoms with Gasteiger partial charge in [0, 0.05) is 54.4 Å². The Morgan fingerprint density at radius 2 is 0.350 bits per heavy atom. The second-order valence-corrected chi connectivity index (χ2v) is 26.4. The van der Waals surface area contributed by atoms with E-state index < -0.39 is 0 Å². The molecular weight excluding hydrogens is 1230 g/mol. The first-order valence-electron chi connectivity index (χ1n) is 34.2. The lowest BCUT2D eigenvalue weighted by Crippen LogP contribution is -2.03. The number of hydrogen-bond acceptors (Lipinski definition) is 0. The second kappa shape index (κ2) is 24.4. The quantitative estimate of drug-likeness (QED) is 0.116. The van der Waals surface area contributed by atoms with Crippen molar-refractivity contribution in [2.75, 3.05) is 0 Å². The van der Waals surface area contributed by atoms with Crippen LogP contribution in [-0.4, -0.2) is 13.7 Å². The van der Waals surface area contributed by atoms with Crippen molar-refractivity contribution in [3.8, 4) is 117 Å². The highest BCUT2D eigenvalue weighted by Crippen LogP contribution is 2.57. The monoisotopic (exact) mass is 1290 g/mol. The van der Waals surface area contributed by atoms with Crippen LogP contribution in [0.1, 0.15) is 0 Å². The molecule has 0 radical (unpaired) electrons. The third kappa shape index (κ3) is 9.89. The van der Waals surface area contributed by atoms with Crippen LogP contribution in [0, 0.1) is 0 Å². The van der Waals surface area contributed by atoms with Gasteiger partial charge in [-0.2, -0.15) is 0 Å². The fourth-order valence-corrected chi connectivity index (χ4v) is 15.9. The summed E-state index contributed by atoms with van der Waals surface area (Å²) in [5, 5.41) is 7.96. The van der Waals surface area contributed by atoms with Crippen LogP contribution < -0.4 is 0 Å². The first kappa shape index (κ1) is 58.6. The SMILES string of the molecule is Clc1ccc(-c2c(-c3ccccc3)c(-c3ccc(-n4c5ccccc5c5ccc(-c6ccccc6)cc54)cc3)c(-c3ccc(-n4c5ccccc5c5ccc(-c6ccccc6)cc54)cc3)c(-c3ccccc3)c2-c2ccc(-n3c4ccccc4c4ccc(-c5ccccc5)cc43)cc2)cc1. The molecule has 0 N–H and O–H groups in total. The molecule has 0 unspecified atom stereocenters. The van der Waals surface area contributed by atoms with Crippen LogP contribution in [0.25, 0.3) is 183 Å². The van der Waals surface area contributed by atoms with Gasteiger partial charge in [0.15, 0.2) is 0 Å². The van der Waals surface area contributed by atoms with Gasteiger partial charge in [0.1, 0.15) is 0 Å². The smallest absolute Gasteiger partial charge is 0.0547 e. The third-order valence-corrected chi connectivity index (χ3v) is 20.6. The summed E-state index contributed by atoms with van der Waals surface area (Å²) in [6.07, 6.45) is 0. The molecule has 3 nitrogen and oxygen atoms in total. The van der Waals surface area contributed by atoms with Crippen molar-refractivity contribution in [2.45, 2.75) is 0 Å². The normalized spacial score (nSPS) is 11.7. The van der Waals surface area contributed by atoms with Crippen molar-refractivity contribution < 1.29 is 0 Å². The van der Waals surface area contributed by atoms with Crippen LogP contribution in [0.4, 0.5) is 0 Å². The van der Waals surface area contributed by atoms with Crippen molar-refractivity contribution in [1.29, 1.82) is 0 Å². The number of hydrogen-bond donors (Lipinski definition) is 0. The highest BCUT2D eigenvalue weighted by molar-refractivity contribution is 6.30. The molecule has 0 aliphatic carbocycles. The summed E-state index contributed by atoms with van der Waals surface area (Å²) < 4.78 is 7.33. The Morgan fingerprint density at radius 1 is 0.150 bits per heavy atom. The summed E-state index contributed by atoms with van der Waals surface area (Å²) >= 11 is 6.98. The molecule has 0 bridgehead atoms. The van der Waals surface area contributed by atoms with Gasteiger partial charge in [-0.15, -0.1) is 0 Å². The molecule has 16 aromatic carbocycles. The molecule has 3 heterocycles. The van der Waals surface area contributed by atoms with Crippen molar-refractivity contribution in [2.24, 2.45) is 0 Å². The fourth-order valence-electron chi connectivity index (χ4n) is 15.8. The van der Waals surface area contributed by atoms with Gasteiger partial charge in [-0.1, -0.05) is 303 Å². The Labute approximate surface area is 585 Å². The van der Waals surface area contributed by atoms with E-state index in [9.17, 15) is 0 Å². The Morgan fingerprint density at radius 3 is 0.620 bits per heavy atom. The Hall–Kier alpha value is -12.8. The Kier molecular flexibility index (Phi) is 14.3. The fraction of sp³-hybridized carbons (Fsp3) is 0. The molecule has 0 amide bonds. The van der Waals surface area contributed by atoms with E-state index in [2.05, 4.69) is 378 Å². The molecule has 0 atom stereocenters. The standard InChI is InChI=1S/C96H62ClN3/c97-75-49-38-68(39-50-75)93-91(66-28-12-4-13-29-66)95(70-42-53-77(54-43-70)99-86-36-20-17-33-80(86)83-58-47-73(61-89(83)99)64-24-8-2-9-25-64)96(71-44-55-78(56-45-71)100-87-37-21-18-34-81(87)84-59-48-74(62-90(84)100)65-26-10-3-11-27-65)92(67-30-14-5-15-31-67)94(93)69-40-51-76(52-41-69)98-85-35-19-16-32-79(85)82-57-46-72(60-88(82)98)63-22-6-1-7-23-63/h1-62H. The van der Waals surface area contributed by atoms with Gasteiger partial charge >= 0.3 is 0 Å². The number of halogens is 1. The molecule has 0 aliphatic rings. The zero-order valence-corrected chi connectivity index (χ0v) is 55.3. The van der Waals surface area contributed by atoms with E-state index in [1.807, 2.05) is 12.1 Å². The average molecular weight is 1290 g/mol. The van der Waals surface area contributed by atoms with Gasteiger partial charge in [0.25, 0.3) is 0 Å². The van der Waals surface area contributed by atoms with Gasteiger partial charge in [-0.05, 0) is 185 Å². The minimum atomic E-state index is 0.675. The van der Waals surface area contributed by atoms with E-state index in [-0.39, 0.29) is 0 Å². The number of para-hydroxylation sites is 3. The summed E-state index contributed by atoms with van der Waals surface area (Å²) in [6.45, 7) is 0. The van der Waals surface area contributed by atoms with Crippen molar-refractivity contribution >= 4 is 77.0 Å². The highest BCUT2D eigenvalue weighted by Gasteiger charge is 2.30. The number of aromatic nitrogens is 3. The molecule has 100 heavy (non-hydrogen) atoms. The van der Waals surface area contributed by atoms with E-state index in [1.54, 1.807) is 0 Å². The van der Waals surface area contributed by atoms with E-state index in [1.165, 1.54) is 65.7 Å². The topological polar surface area (TPSA) is 14.8 Å². The average Bonchev–Trinajstić information content (AvgIpc) is 1.03. The maximum Gasteiger partial charge on any atom is 0.0547 e. The molecule has 0 spiro atoms. The van der Waals surface area contributed by atoms with Gasteiger partial charge in [-0.3, -0.25) is 0 Å². The number of nitrogens with zero attached hydrogens (tertiary/aromatic N) is 3. The maximum atomic E-state index is 6.98. The predicted octanol–water partition coefficient (Wildman–Crippen LogP) is 26.6. The number of rotatable bonds is 12. The van der Waals surface area contributed by atoms with Gasteiger partial charge in [0.05, 0.1) is 33.1 Å².